The van der Waals surface area contributed by atoms with Crippen molar-refractivity contribution < 1.29 is 4.79 Å². The first-order valence-electron chi connectivity index (χ1n) is 10.3. The van der Waals surface area contributed by atoms with E-state index in [-0.39, 0.29) is 11.8 Å². The largest absolute Gasteiger partial charge is 0.368 e. The van der Waals surface area contributed by atoms with Gasteiger partial charge in [0.2, 0.25) is 5.91 Å². The smallest absolute Gasteiger partial charge is 0.223 e. The van der Waals surface area contributed by atoms with Crippen LogP contribution < -0.4 is 15.5 Å². The van der Waals surface area contributed by atoms with E-state index in [1.807, 2.05) is 7.05 Å². The minimum Gasteiger partial charge on any atom is -0.368 e. The van der Waals surface area contributed by atoms with E-state index < -0.39 is 0 Å². The van der Waals surface area contributed by atoms with Gasteiger partial charge in [-0.1, -0.05) is 37.5 Å². The van der Waals surface area contributed by atoms with Gasteiger partial charge in [0.25, 0.3) is 0 Å². The molecule has 0 unspecified atom stereocenters. The summed E-state index contributed by atoms with van der Waals surface area (Å²) in [5.74, 6) is 1.38. The predicted molar refractivity (Wildman–Crippen MR) is 111 cm³/mol. The molecule has 1 aliphatic heterocycles. The number of nitrogens with one attached hydrogen (secondary N) is 2. The summed E-state index contributed by atoms with van der Waals surface area (Å²) in [6, 6.07) is 10.6. The lowest BCUT2D eigenvalue weighted by Crippen LogP contribution is -2.53. The Bertz CT molecular complexity index is 604. The topological polar surface area (TPSA) is 60.0 Å². The summed E-state index contributed by atoms with van der Waals surface area (Å²) in [5.41, 5.74) is 1.28. The Morgan fingerprint density at radius 2 is 1.67 bits per heavy atom. The molecule has 1 aromatic rings. The molecule has 6 nitrogen and oxygen atoms in total. The van der Waals surface area contributed by atoms with Crippen molar-refractivity contribution in [3.05, 3.63) is 30.3 Å². The number of para-hydroxylation sites is 1. The van der Waals surface area contributed by atoms with Crippen LogP contribution in [0.3, 0.4) is 0 Å². The predicted octanol–water partition coefficient (Wildman–Crippen LogP) is 2.08. The van der Waals surface area contributed by atoms with Crippen LogP contribution >= 0.6 is 0 Å². The second-order valence-electron chi connectivity index (χ2n) is 7.41. The second kappa shape index (κ2) is 10.2. The zero-order chi connectivity index (χ0) is 18.9. The normalized spacial score (nSPS) is 19.1. The molecular formula is C21H33N5O. The van der Waals surface area contributed by atoms with Crippen LogP contribution in [0.4, 0.5) is 5.69 Å². The average Bonchev–Trinajstić information content (AvgIpc) is 2.75. The first-order chi connectivity index (χ1) is 13.3. The number of aliphatic imine (C=N–C) groups is 1. The molecular weight excluding hydrogens is 338 g/mol. The molecule has 0 radical (unpaired) electrons. The number of piperazine rings is 1. The molecule has 6 heteroatoms. The van der Waals surface area contributed by atoms with Crippen molar-refractivity contribution in [2.45, 2.75) is 32.1 Å². The van der Waals surface area contributed by atoms with Crippen molar-refractivity contribution in [2.75, 3.05) is 51.2 Å². The van der Waals surface area contributed by atoms with Gasteiger partial charge in [-0.2, -0.15) is 0 Å². The van der Waals surface area contributed by atoms with Crippen molar-refractivity contribution in [1.29, 1.82) is 0 Å². The SMILES string of the molecule is CN=C(NCCNC(=O)C1CCCCC1)N1CCN(c2ccccc2)CC1. The minimum absolute atomic E-state index is 0.225. The first kappa shape index (κ1) is 19.5. The summed E-state index contributed by atoms with van der Waals surface area (Å²) in [4.78, 5) is 21.3. The summed E-state index contributed by atoms with van der Waals surface area (Å²) >= 11 is 0. The molecule has 1 aromatic carbocycles. The molecule has 2 aliphatic rings. The fourth-order valence-electron chi connectivity index (χ4n) is 4.02. The molecule has 27 heavy (non-hydrogen) atoms. The van der Waals surface area contributed by atoms with Crippen molar-refractivity contribution >= 4 is 17.6 Å². The number of anilines is 1. The number of hydrogen-bond donors (Lipinski definition) is 2. The minimum atomic E-state index is 0.225. The number of guanidine groups is 1. The summed E-state index contributed by atoms with van der Waals surface area (Å²) in [7, 11) is 1.83. The highest BCUT2D eigenvalue weighted by molar-refractivity contribution is 5.80. The Labute approximate surface area is 163 Å². The summed E-state index contributed by atoms with van der Waals surface area (Å²) in [6.45, 7) is 5.24. The number of carbonyl (C=O) groups excluding carboxylic acids is 1. The fraction of sp³-hybridized carbons (Fsp3) is 0.619. The van der Waals surface area contributed by atoms with Gasteiger partial charge >= 0.3 is 0 Å². The van der Waals surface area contributed by atoms with E-state index in [4.69, 9.17) is 0 Å². The van der Waals surface area contributed by atoms with Crippen LogP contribution in [-0.2, 0) is 4.79 Å². The summed E-state index contributed by atoms with van der Waals surface area (Å²) in [5, 5.41) is 6.47. The standard InChI is InChI=1S/C21H33N5O/c1-22-21(24-13-12-23-20(27)18-8-4-2-5-9-18)26-16-14-25(15-17-26)19-10-6-3-7-11-19/h3,6-7,10-11,18H,2,4-5,8-9,12-17H2,1H3,(H,22,24)(H,23,27). The van der Waals surface area contributed by atoms with Crippen LogP contribution in [-0.4, -0.2) is 63.1 Å². The molecule has 1 amide bonds. The van der Waals surface area contributed by atoms with Gasteiger partial charge in [-0.15, -0.1) is 0 Å². The van der Waals surface area contributed by atoms with Gasteiger partial charge in [-0.25, -0.2) is 0 Å². The zero-order valence-electron chi connectivity index (χ0n) is 16.5. The maximum Gasteiger partial charge on any atom is 0.223 e. The number of carbonyl (C=O) groups is 1. The molecule has 1 saturated carbocycles. The highest BCUT2D eigenvalue weighted by Crippen LogP contribution is 2.23. The lowest BCUT2D eigenvalue weighted by molar-refractivity contribution is -0.125. The number of nitrogens with zero attached hydrogens (tertiary/aromatic N) is 3. The molecule has 0 aromatic heterocycles. The van der Waals surface area contributed by atoms with Gasteiger partial charge in [0.1, 0.15) is 0 Å². The van der Waals surface area contributed by atoms with Gasteiger partial charge in [0.05, 0.1) is 0 Å². The Balaban J connectivity index is 1.36. The quantitative estimate of drug-likeness (QED) is 0.473. The van der Waals surface area contributed by atoms with Crippen LogP contribution in [0.25, 0.3) is 0 Å². The van der Waals surface area contributed by atoms with Crippen LogP contribution in [0.15, 0.2) is 35.3 Å². The molecule has 2 N–H and O–H groups in total. The van der Waals surface area contributed by atoms with E-state index in [0.29, 0.717) is 13.1 Å². The van der Waals surface area contributed by atoms with Crippen LogP contribution in [0.1, 0.15) is 32.1 Å². The zero-order valence-corrected chi connectivity index (χ0v) is 16.5. The molecule has 0 atom stereocenters. The van der Waals surface area contributed by atoms with Crippen molar-refractivity contribution in [2.24, 2.45) is 10.9 Å². The Hall–Kier alpha value is -2.24. The van der Waals surface area contributed by atoms with E-state index in [1.165, 1.54) is 24.9 Å². The van der Waals surface area contributed by atoms with Crippen LogP contribution in [0.5, 0.6) is 0 Å². The van der Waals surface area contributed by atoms with E-state index in [1.54, 1.807) is 0 Å². The highest BCUT2D eigenvalue weighted by atomic mass is 16.1. The molecule has 0 bridgehead atoms. The number of hydrogen-bond acceptors (Lipinski definition) is 3. The van der Waals surface area contributed by atoms with Gasteiger partial charge in [-0.05, 0) is 25.0 Å². The van der Waals surface area contributed by atoms with Crippen molar-refractivity contribution in [1.82, 2.24) is 15.5 Å². The monoisotopic (exact) mass is 371 g/mol. The van der Waals surface area contributed by atoms with Crippen LogP contribution in [0.2, 0.25) is 0 Å². The lowest BCUT2D eigenvalue weighted by atomic mass is 9.89. The molecule has 1 saturated heterocycles. The molecule has 0 spiro atoms. The summed E-state index contributed by atoms with van der Waals surface area (Å²) < 4.78 is 0. The van der Waals surface area contributed by atoms with Gasteiger partial charge in [-0.3, -0.25) is 9.79 Å². The third-order valence-corrected chi connectivity index (χ3v) is 5.60. The Kier molecular flexibility index (Phi) is 7.36. The van der Waals surface area contributed by atoms with Crippen molar-refractivity contribution in [3.8, 4) is 0 Å². The number of rotatable bonds is 5. The van der Waals surface area contributed by atoms with Gasteiger partial charge < -0.3 is 20.4 Å². The molecule has 1 heterocycles. The van der Waals surface area contributed by atoms with Crippen LogP contribution in [0, 0.1) is 5.92 Å². The first-order valence-corrected chi connectivity index (χ1v) is 10.3. The molecule has 2 fully saturated rings. The maximum absolute atomic E-state index is 12.2. The number of benzene rings is 1. The fourth-order valence-corrected chi connectivity index (χ4v) is 4.02. The van der Waals surface area contributed by atoms with E-state index in [0.717, 1.165) is 45.0 Å². The van der Waals surface area contributed by atoms with E-state index >= 15 is 0 Å². The van der Waals surface area contributed by atoms with E-state index in [9.17, 15) is 4.79 Å². The van der Waals surface area contributed by atoms with Crippen molar-refractivity contribution in [3.63, 3.8) is 0 Å². The third kappa shape index (κ3) is 5.62. The third-order valence-electron chi connectivity index (χ3n) is 5.60. The number of amides is 1. The molecule has 148 valence electrons. The van der Waals surface area contributed by atoms with E-state index in [2.05, 4.69) is 55.8 Å². The Morgan fingerprint density at radius 3 is 2.33 bits per heavy atom. The lowest BCUT2D eigenvalue weighted by Gasteiger charge is -2.37. The van der Waals surface area contributed by atoms with Gasteiger partial charge in [0, 0.05) is 57.9 Å². The molecule has 3 rings (SSSR count). The second-order valence-corrected chi connectivity index (χ2v) is 7.41. The maximum atomic E-state index is 12.2. The Morgan fingerprint density at radius 1 is 1.00 bits per heavy atom. The van der Waals surface area contributed by atoms with Gasteiger partial charge in [0.15, 0.2) is 5.96 Å². The highest BCUT2D eigenvalue weighted by Gasteiger charge is 2.21. The molecule has 1 aliphatic carbocycles. The average molecular weight is 372 g/mol. The summed E-state index contributed by atoms with van der Waals surface area (Å²) in [6.07, 6.45) is 5.76.